The van der Waals surface area contributed by atoms with Crippen molar-refractivity contribution >= 4 is 61.7 Å². The van der Waals surface area contributed by atoms with Crippen LogP contribution in [0.2, 0.25) is 0 Å². The smallest absolute Gasteiger partial charge is 0.257 e. The topological polar surface area (TPSA) is 84.0 Å². The number of aromatic nitrogens is 2. The Bertz CT molecular complexity index is 960. The lowest BCUT2D eigenvalue weighted by molar-refractivity contribution is -0.113. The molecule has 9 heteroatoms. The number of benzene rings is 2. The van der Waals surface area contributed by atoms with Crippen LogP contribution in [0.4, 0.5) is 10.8 Å². The zero-order chi connectivity index (χ0) is 19.2. The first-order chi connectivity index (χ1) is 13.0. The number of hydrogen-bond donors (Lipinski definition) is 2. The molecule has 3 aromatic rings. The van der Waals surface area contributed by atoms with E-state index in [-0.39, 0.29) is 17.6 Å². The lowest BCUT2D eigenvalue weighted by atomic mass is 10.2. The van der Waals surface area contributed by atoms with E-state index in [0.29, 0.717) is 15.0 Å². The monoisotopic (exact) mass is 462 g/mol. The maximum absolute atomic E-state index is 12.2. The fraction of sp³-hybridized carbons (Fsp3) is 0.111. The molecule has 2 N–H and O–H groups in total. The number of hydrogen-bond acceptors (Lipinski definition) is 6. The summed E-state index contributed by atoms with van der Waals surface area (Å²) in [4.78, 5) is 24.2. The Morgan fingerprint density at radius 2 is 1.89 bits per heavy atom. The summed E-state index contributed by atoms with van der Waals surface area (Å²) in [7, 11) is 0. The molecule has 27 heavy (non-hydrogen) atoms. The maximum atomic E-state index is 12.2. The fourth-order valence-electron chi connectivity index (χ4n) is 2.14. The molecule has 138 valence electrons. The van der Waals surface area contributed by atoms with Crippen molar-refractivity contribution in [2.75, 3.05) is 16.4 Å². The number of amides is 2. The van der Waals surface area contributed by atoms with Crippen LogP contribution in [0.5, 0.6) is 0 Å². The van der Waals surface area contributed by atoms with Gasteiger partial charge in [-0.15, -0.1) is 10.2 Å². The van der Waals surface area contributed by atoms with Crippen LogP contribution in [-0.2, 0) is 4.79 Å². The molecule has 0 fully saturated rings. The van der Waals surface area contributed by atoms with Crippen molar-refractivity contribution in [3.05, 3.63) is 64.1 Å². The van der Waals surface area contributed by atoms with Gasteiger partial charge in [-0.25, -0.2) is 0 Å². The highest BCUT2D eigenvalue weighted by atomic mass is 79.9. The van der Waals surface area contributed by atoms with E-state index in [2.05, 4.69) is 36.8 Å². The van der Waals surface area contributed by atoms with Crippen LogP contribution >= 0.6 is 39.0 Å². The molecular formula is C18H15BrN4O2S2. The molecule has 6 nitrogen and oxygen atoms in total. The summed E-state index contributed by atoms with van der Waals surface area (Å²) >= 11 is 5.83. The van der Waals surface area contributed by atoms with Crippen molar-refractivity contribution in [2.24, 2.45) is 0 Å². The minimum Gasteiger partial charge on any atom is -0.325 e. The third-order valence-corrected chi connectivity index (χ3v) is 5.86. The lowest BCUT2D eigenvalue weighted by Gasteiger charge is -2.04. The number of carbonyl (C=O) groups excluding carboxylic acids is 2. The first-order valence-corrected chi connectivity index (χ1v) is 10.5. The van der Waals surface area contributed by atoms with Crippen LogP contribution in [0, 0.1) is 6.92 Å². The van der Waals surface area contributed by atoms with Gasteiger partial charge < -0.3 is 5.32 Å². The number of nitrogens with zero attached hydrogens (tertiary/aromatic N) is 2. The molecule has 0 spiro atoms. The summed E-state index contributed by atoms with van der Waals surface area (Å²) in [6.45, 7) is 1.97. The fourth-order valence-corrected chi connectivity index (χ4v) is 3.95. The van der Waals surface area contributed by atoms with Gasteiger partial charge in [0.15, 0.2) is 4.34 Å². The molecule has 2 aromatic carbocycles. The first-order valence-electron chi connectivity index (χ1n) is 7.89. The van der Waals surface area contributed by atoms with Gasteiger partial charge in [0, 0.05) is 15.7 Å². The number of carbonyl (C=O) groups is 2. The molecule has 0 aliphatic rings. The van der Waals surface area contributed by atoms with Crippen molar-refractivity contribution < 1.29 is 9.59 Å². The van der Waals surface area contributed by atoms with Gasteiger partial charge in [0.2, 0.25) is 11.0 Å². The predicted molar refractivity (Wildman–Crippen MR) is 113 cm³/mol. The Labute approximate surface area is 172 Å². The number of thioether (sulfide) groups is 1. The summed E-state index contributed by atoms with van der Waals surface area (Å²) in [6, 6.07) is 14.6. The van der Waals surface area contributed by atoms with Gasteiger partial charge in [-0.3, -0.25) is 14.9 Å². The Hall–Kier alpha value is -2.23. The first kappa shape index (κ1) is 19.5. The van der Waals surface area contributed by atoms with Crippen LogP contribution in [0.15, 0.2) is 57.3 Å². The molecule has 3 rings (SSSR count). The van der Waals surface area contributed by atoms with E-state index in [0.717, 1.165) is 15.7 Å². The van der Waals surface area contributed by atoms with Crippen LogP contribution in [0.25, 0.3) is 0 Å². The molecule has 0 bridgehead atoms. The molecule has 0 saturated heterocycles. The molecular weight excluding hydrogens is 448 g/mol. The molecule has 1 aromatic heterocycles. The van der Waals surface area contributed by atoms with Gasteiger partial charge in [0.05, 0.1) is 5.75 Å². The van der Waals surface area contributed by atoms with E-state index in [1.165, 1.54) is 23.1 Å². The molecule has 0 aliphatic heterocycles. The molecule has 0 saturated carbocycles. The van der Waals surface area contributed by atoms with Crippen LogP contribution < -0.4 is 10.6 Å². The second-order valence-electron chi connectivity index (χ2n) is 5.54. The Morgan fingerprint density at radius 1 is 1.11 bits per heavy atom. The second kappa shape index (κ2) is 9.12. The third kappa shape index (κ3) is 5.88. The third-order valence-electron chi connectivity index (χ3n) is 3.36. The van der Waals surface area contributed by atoms with Crippen LogP contribution in [0.3, 0.4) is 0 Å². The average molecular weight is 463 g/mol. The van der Waals surface area contributed by atoms with Crippen molar-refractivity contribution in [3.63, 3.8) is 0 Å². The molecule has 0 radical (unpaired) electrons. The van der Waals surface area contributed by atoms with Gasteiger partial charge in [-0.2, -0.15) is 0 Å². The number of aryl methyl sites for hydroxylation is 1. The highest BCUT2D eigenvalue weighted by Crippen LogP contribution is 2.26. The van der Waals surface area contributed by atoms with Gasteiger partial charge in [0.1, 0.15) is 0 Å². The highest BCUT2D eigenvalue weighted by Gasteiger charge is 2.12. The lowest BCUT2D eigenvalue weighted by Crippen LogP contribution is -2.13. The van der Waals surface area contributed by atoms with Crippen LogP contribution in [0.1, 0.15) is 15.9 Å². The Balaban J connectivity index is 1.51. The SMILES string of the molecule is Cc1cccc(NC(=O)CSc2nnc(NC(=O)c3ccc(Br)cc3)s2)c1. The number of anilines is 2. The van der Waals surface area contributed by atoms with Crippen molar-refractivity contribution in [1.82, 2.24) is 10.2 Å². The Morgan fingerprint density at radius 3 is 2.63 bits per heavy atom. The molecule has 0 unspecified atom stereocenters. The predicted octanol–water partition coefficient (Wildman–Crippen LogP) is 4.59. The molecule has 0 aliphatic carbocycles. The summed E-state index contributed by atoms with van der Waals surface area (Å²) < 4.78 is 1.51. The van der Waals surface area contributed by atoms with Crippen molar-refractivity contribution in [1.29, 1.82) is 0 Å². The largest absolute Gasteiger partial charge is 0.325 e. The summed E-state index contributed by atoms with van der Waals surface area (Å²) in [6.07, 6.45) is 0. The summed E-state index contributed by atoms with van der Waals surface area (Å²) in [5.41, 5.74) is 2.37. The van der Waals surface area contributed by atoms with Gasteiger partial charge in [0.25, 0.3) is 5.91 Å². The van der Waals surface area contributed by atoms with E-state index in [4.69, 9.17) is 0 Å². The van der Waals surface area contributed by atoms with E-state index >= 15 is 0 Å². The van der Waals surface area contributed by atoms with E-state index in [1.807, 2.05) is 31.2 Å². The standard InChI is InChI=1S/C18H15BrN4O2S2/c1-11-3-2-4-14(9-11)20-15(24)10-26-18-23-22-17(27-18)21-16(25)12-5-7-13(19)8-6-12/h2-9H,10H2,1H3,(H,20,24)(H,21,22,25). The number of rotatable bonds is 6. The molecule has 0 atom stereocenters. The summed E-state index contributed by atoms with van der Waals surface area (Å²) in [5, 5.41) is 13.9. The highest BCUT2D eigenvalue weighted by molar-refractivity contribution is 9.10. The molecule has 2 amide bonds. The van der Waals surface area contributed by atoms with Gasteiger partial charge in [-0.1, -0.05) is 51.2 Å². The van der Waals surface area contributed by atoms with E-state index in [1.54, 1.807) is 24.3 Å². The minimum atomic E-state index is -0.257. The van der Waals surface area contributed by atoms with Gasteiger partial charge >= 0.3 is 0 Å². The van der Waals surface area contributed by atoms with Crippen LogP contribution in [-0.4, -0.2) is 27.8 Å². The molecule has 1 heterocycles. The quantitative estimate of drug-likeness (QED) is 0.413. The normalized spacial score (nSPS) is 10.4. The number of halogens is 1. The average Bonchev–Trinajstić information content (AvgIpc) is 3.08. The number of nitrogens with one attached hydrogen (secondary N) is 2. The second-order valence-corrected chi connectivity index (χ2v) is 8.66. The van der Waals surface area contributed by atoms with E-state index < -0.39 is 0 Å². The summed E-state index contributed by atoms with van der Waals surface area (Å²) in [5.74, 6) is -0.169. The zero-order valence-electron chi connectivity index (χ0n) is 14.2. The Kier molecular flexibility index (Phi) is 6.59. The zero-order valence-corrected chi connectivity index (χ0v) is 17.5. The van der Waals surface area contributed by atoms with Crippen molar-refractivity contribution in [2.45, 2.75) is 11.3 Å². The van der Waals surface area contributed by atoms with E-state index in [9.17, 15) is 9.59 Å². The minimum absolute atomic E-state index is 0.124. The van der Waals surface area contributed by atoms with Crippen molar-refractivity contribution in [3.8, 4) is 0 Å². The maximum Gasteiger partial charge on any atom is 0.257 e. The van der Waals surface area contributed by atoms with Gasteiger partial charge in [-0.05, 0) is 48.9 Å².